The number of carbonyl (C=O) groups is 1. The molecule has 0 saturated carbocycles. The summed E-state index contributed by atoms with van der Waals surface area (Å²) in [5.41, 5.74) is 0.407. The first-order valence-corrected chi connectivity index (χ1v) is 2.36. The summed E-state index contributed by atoms with van der Waals surface area (Å²) in [6.45, 7) is 0.766. The first-order valence-electron chi connectivity index (χ1n) is 2.36. The third-order valence-electron chi connectivity index (χ3n) is 1.19. The minimum Gasteiger partial charge on any atom is -0.477 e. The first kappa shape index (κ1) is 5.15. The number of rotatable bonds is 1. The van der Waals surface area contributed by atoms with Gasteiger partial charge in [0.05, 0.1) is 0 Å². The normalized spacial score (nSPS) is 17.1. The molecular weight excluding hydrogens is 106 g/mol. The molecular formula is C5H7NO2. The lowest BCUT2D eigenvalue weighted by atomic mass is 10.2. The van der Waals surface area contributed by atoms with Gasteiger partial charge < -0.3 is 10.0 Å². The molecule has 0 radical (unpaired) electrons. The summed E-state index contributed by atoms with van der Waals surface area (Å²) in [5, 5.41) is 8.29. The van der Waals surface area contributed by atoms with Crippen LogP contribution in [-0.2, 0) is 4.79 Å². The monoisotopic (exact) mass is 113 g/mol. The molecule has 0 spiro atoms. The van der Waals surface area contributed by atoms with E-state index < -0.39 is 5.97 Å². The molecule has 0 aromatic heterocycles. The van der Waals surface area contributed by atoms with Crippen molar-refractivity contribution < 1.29 is 9.90 Å². The quantitative estimate of drug-likeness (QED) is 0.516. The molecule has 0 fully saturated rings. The van der Waals surface area contributed by atoms with Gasteiger partial charge in [0, 0.05) is 13.6 Å². The molecule has 0 aromatic rings. The second-order valence-corrected chi connectivity index (χ2v) is 1.78. The van der Waals surface area contributed by atoms with Gasteiger partial charge in [-0.3, -0.25) is 0 Å². The zero-order valence-corrected chi connectivity index (χ0v) is 4.59. The van der Waals surface area contributed by atoms with E-state index in [0.717, 1.165) is 6.54 Å². The lowest BCUT2D eigenvalue weighted by molar-refractivity contribution is -0.134. The van der Waals surface area contributed by atoms with Crippen molar-refractivity contribution in [3.05, 3.63) is 11.8 Å². The number of carboxylic acid groups (broad SMARTS) is 1. The Bertz CT molecular complexity index is 151. The van der Waals surface area contributed by atoms with E-state index in [1.54, 1.807) is 18.0 Å². The highest BCUT2D eigenvalue weighted by molar-refractivity contribution is 5.87. The number of aliphatic carboxylic acids is 1. The fraction of sp³-hybridized carbons (Fsp3) is 0.400. The van der Waals surface area contributed by atoms with Crippen molar-refractivity contribution in [3.8, 4) is 0 Å². The average Bonchev–Trinajstić information content (AvgIpc) is 1.61. The van der Waals surface area contributed by atoms with E-state index in [1.165, 1.54) is 0 Å². The Balaban J connectivity index is 2.62. The van der Waals surface area contributed by atoms with Crippen molar-refractivity contribution in [1.82, 2.24) is 4.90 Å². The minimum atomic E-state index is -0.834. The highest BCUT2D eigenvalue weighted by atomic mass is 16.4. The Morgan fingerprint density at radius 1 is 2.00 bits per heavy atom. The molecule has 1 aliphatic heterocycles. The van der Waals surface area contributed by atoms with Gasteiger partial charge in [0.25, 0.3) is 0 Å². The van der Waals surface area contributed by atoms with Crippen molar-refractivity contribution in [2.24, 2.45) is 0 Å². The number of hydrogen-bond acceptors (Lipinski definition) is 2. The van der Waals surface area contributed by atoms with Gasteiger partial charge in [0.15, 0.2) is 0 Å². The topological polar surface area (TPSA) is 40.5 Å². The smallest absolute Gasteiger partial charge is 0.351 e. The lowest BCUT2D eigenvalue weighted by Crippen LogP contribution is -2.31. The van der Waals surface area contributed by atoms with Gasteiger partial charge >= 0.3 is 5.97 Å². The van der Waals surface area contributed by atoms with Crippen molar-refractivity contribution in [2.75, 3.05) is 13.6 Å². The van der Waals surface area contributed by atoms with Crippen LogP contribution in [0.3, 0.4) is 0 Å². The van der Waals surface area contributed by atoms with Crippen LogP contribution < -0.4 is 0 Å². The molecule has 0 aliphatic carbocycles. The molecule has 44 valence electrons. The second-order valence-electron chi connectivity index (χ2n) is 1.78. The Morgan fingerprint density at radius 2 is 2.62 bits per heavy atom. The molecule has 0 aromatic carbocycles. The molecule has 1 aliphatic rings. The molecule has 0 amide bonds. The van der Waals surface area contributed by atoms with Crippen LogP contribution in [0.4, 0.5) is 0 Å². The van der Waals surface area contributed by atoms with E-state index in [-0.39, 0.29) is 0 Å². The van der Waals surface area contributed by atoms with Gasteiger partial charge in [-0.2, -0.15) is 0 Å². The lowest BCUT2D eigenvalue weighted by Gasteiger charge is -2.25. The third-order valence-corrected chi connectivity index (χ3v) is 1.19. The van der Waals surface area contributed by atoms with Crippen molar-refractivity contribution in [1.29, 1.82) is 0 Å². The zero-order chi connectivity index (χ0) is 6.15. The zero-order valence-electron chi connectivity index (χ0n) is 4.59. The highest BCUT2D eigenvalue weighted by Gasteiger charge is 2.18. The van der Waals surface area contributed by atoms with Crippen molar-refractivity contribution in [2.45, 2.75) is 0 Å². The molecule has 0 unspecified atom stereocenters. The number of carboxylic acids is 1. The van der Waals surface area contributed by atoms with Crippen LogP contribution >= 0.6 is 0 Å². The van der Waals surface area contributed by atoms with Crippen molar-refractivity contribution in [3.63, 3.8) is 0 Å². The molecule has 3 nitrogen and oxygen atoms in total. The van der Waals surface area contributed by atoms with Crippen LogP contribution in [-0.4, -0.2) is 29.6 Å². The summed E-state index contributed by atoms with van der Waals surface area (Å²) in [6, 6.07) is 0. The number of likely N-dealkylation sites (N-methyl/N-ethyl adjacent to an activating group) is 1. The predicted octanol–water partition coefficient (Wildman–Crippen LogP) is -0.0997. The maximum atomic E-state index is 10.1. The summed E-state index contributed by atoms with van der Waals surface area (Å²) in [7, 11) is 1.75. The molecule has 0 atom stereocenters. The molecule has 3 heteroatoms. The van der Waals surface area contributed by atoms with Gasteiger partial charge in [-0.25, -0.2) is 4.79 Å². The Morgan fingerprint density at radius 3 is 2.62 bits per heavy atom. The van der Waals surface area contributed by atoms with Crippen molar-refractivity contribution >= 4 is 5.97 Å². The average molecular weight is 113 g/mol. The van der Waals surface area contributed by atoms with Gasteiger partial charge in [0.2, 0.25) is 0 Å². The van der Waals surface area contributed by atoms with Gasteiger partial charge in [0.1, 0.15) is 5.70 Å². The predicted molar refractivity (Wildman–Crippen MR) is 28.3 cm³/mol. The summed E-state index contributed by atoms with van der Waals surface area (Å²) < 4.78 is 0. The molecule has 0 bridgehead atoms. The van der Waals surface area contributed by atoms with Crippen LogP contribution in [0.2, 0.25) is 0 Å². The van der Waals surface area contributed by atoms with Gasteiger partial charge in [-0.15, -0.1) is 0 Å². The van der Waals surface area contributed by atoms with E-state index in [9.17, 15) is 4.79 Å². The fourth-order valence-corrected chi connectivity index (χ4v) is 0.616. The van der Waals surface area contributed by atoms with E-state index in [0.29, 0.717) is 5.70 Å². The maximum absolute atomic E-state index is 10.1. The second kappa shape index (κ2) is 1.51. The molecule has 1 heterocycles. The van der Waals surface area contributed by atoms with Crippen LogP contribution in [0, 0.1) is 0 Å². The number of hydrogen-bond donors (Lipinski definition) is 1. The summed E-state index contributed by atoms with van der Waals surface area (Å²) in [5.74, 6) is -0.834. The largest absolute Gasteiger partial charge is 0.477 e. The standard InChI is InChI=1S/C5H7NO2/c1-6-3-2-4(6)5(7)8/h2H,3H2,1H3,(H,7,8). The molecule has 1 N–H and O–H groups in total. The molecule has 8 heavy (non-hydrogen) atoms. The van der Waals surface area contributed by atoms with Crippen LogP contribution in [0.1, 0.15) is 0 Å². The van der Waals surface area contributed by atoms with Gasteiger partial charge in [-0.1, -0.05) is 0 Å². The Hall–Kier alpha value is -0.990. The highest BCUT2D eigenvalue weighted by Crippen LogP contribution is 2.10. The third kappa shape index (κ3) is 0.559. The maximum Gasteiger partial charge on any atom is 0.351 e. The molecule has 0 saturated heterocycles. The van der Waals surface area contributed by atoms with E-state index in [4.69, 9.17) is 5.11 Å². The van der Waals surface area contributed by atoms with Gasteiger partial charge in [-0.05, 0) is 6.08 Å². The first-order chi connectivity index (χ1) is 3.72. The minimum absolute atomic E-state index is 0.407. The summed E-state index contributed by atoms with van der Waals surface area (Å²) >= 11 is 0. The fourth-order valence-electron chi connectivity index (χ4n) is 0.616. The van der Waals surface area contributed by atoms with Crippen LogP contribution in [0.5, 0.6) is 0 Å². The Labute approximate surface area is 47.2 Å². The number of nitrogens with zero attached hydrogens (tertiary/aromatic N) is 1. The van der Waals surface area contributed by atoms with E-state index in [1.807, 2.05) is 0 Å². The van der Waals surface area contributed by atoms with E-state index >= 15 is 0 Å². The summed E-state index contributed by atoms with van der Waals surface area (Å²) in [4.78, 5) is 11.8. The Kier molecular flexibility index (Phi) is 0.970. The van der Waals surface area contributed by atoms with Crippen LogP contribution in [0.25, 0.3) is 0 Å². The van der Waals surface area contributed by atoms with E-state index in [2.05, 4.69) is 0 Å². The molecule has 1 rings (SSSR count). The van der Waals surface area contributed by atoms with Crippen LogP contribution in [0.15, 0.2) is 11.8 Å². The summed E-state index contributed by atoms with van der Waals surface area (Å²) in [6.07, 6.45) is 1.68. The SMILES string of the molecule is CN1CC=C1C(=O)O.